The molecule has 1 saturated heterocycles. The normalized spacial score (nSPS) is 20.2. The quantitative estimate of drug-likeness (QED) is 0.655. The Morgan fingerprint density at radius 3 is 2.56 bits per heavy atom. The molecular weight excluding hydrogens is 260 g/mol. The first-order valence-corrected chi connectivity index (χ1v) is 6.63. The number of urea groups is 1. The zero-order valence-electron chi connectivity index (χ0n) is 9.96. The molecule has 18 heavy (non-hydrogen) atoms. The Hall–Kier alpha value is -1.44. The SMILES string of the molecule is CN(C(=O)N[C@@H](CC(=O)O)C(=O)O)C1CCSC1. The van der Waals surface area contributed by atoms with E-state index in [0.717, 1.165) is 17.9 Å². The van der Waals surface area contributed by atoms with Gasteiger partial charge in [0.2, 0.25) is 0 Å². The van der Waals surface area contributed by atoms with Gasteiger partial charge in [-0.05, 0) is 12.2 Å². The fraction of sp³-hybridized carbons (Fsp3) is 0.700. The molecule has 1 aliphatic heterocycles. The third-order valence-electron chi connectivity index (χ3n) is 2.75. The third kappa shape index (κ3) is 4.10. The van der Waals surface area contributed by atoms with Crippen molar-refractivity contribution in [3.8, 4) is 0 Å². The smallest absolute Gasteiger partial charge is 0.326 e. The Morgan fingerprint density at radius 1 is 1.44 bits per heavy atom. The summed E-state index contributed by atoms with van der Waals surface area (Å²) in [6, 6.07) is -1.86. The lowest BCUT2D eigenvalue weighted by atomic mass is 10.2. The van der Waals surface area contributed by atoms with E-state index in [-0.39, 0.29) is 6.04 Å². The third-order valence-corrected chi connectivity index (χ3v) is 3.89. The molecule has 0 aliphatic carbocycles. The van der Waals surface area contributed by atoms with Gasteiger partial charge in [0.05, 0.1) is 6.42 Å². The minimum absolute atomic E-state index is 0.0780. The molecule has 0 radical (unpaired) electrons. The molecule has 102 valence electrons. The summed E-state index contributed by atoms with van der Waals surface area (Å²) in [6.45, 7) is 0. The first kappa shape index (κ1) is 14.6. The van der Waals surface area contributed by atoms with Gasteiger partial charge in [0.1, 0.15) is 6.04 Å². The number of thioether (sulfide) groups is 1. The van der Waals surface area contributed by atoms with Gasteiger partial charge in [-0.15, -0.1) is 0 Å². The summed E-state index contributed by atoms with van der Waals surface area (Å²) in [5, 5.41) is 19.6. The van der Waals surface area contributed by atoms with Gasteiger partial charge in [-0.3, -0.25) is 4.79 Å². The highest BCUT2D eigenvalue weighted by molar-refractivity contribution is 7.99. The van der Waals surface area contributed by atoms with Crippen molar-refractivity contribution < 1.29 is 24.6 Å². The molecule has 1 fully saturated rings. The Labute approximate surface area is 109 Å². The lowest BCUT2D eigenvalue weighted by Gasteiger charge is -2.25. The van der Waals surface area contributed by atoms with E-state index in [9.17, 15) is 14.4 Å². The number of hydrogen-bond acceptors (Lipinski definition) is 4. The zero-order valence-corrected chi connectivity index (χ0v) is 10.8. The van der Waals surface area contributed by atoms with Gasteiger partial charge in [-0.1, -0.05) is 0 Å². The molecule has 0 aromatic rings. The van der Waals surface area contributed by atoms with Gasteiger partial charge in [-0.2, -0.15) is 11.8 Å². The number of carbonyl (C=O) groups is 3. The first-order chi connectivity index (χ1) is 8.41. The molecule has 0 saturated carbocycles. The van der Waals surface area contributed by atoms with Crippen molar-refractivity contribution in [2.24, 2.45) is 0 Å². The topological polar surface area (TPSA) is 107 Å². The molecule has 2 atom stereocenters. The van der Waals surface area contributed by atoms with Crippen LogP contribution in [-0.4, -0.2) is 63.7 Å². The number of amides is 2. The van der Waals surface area contributed by atoms with E-state index < -0.39 is 30.4 Å². The average Bonchev–Trinajstić information content (AvgIpc) is 2.79. The van der Waals surface area contributed by atoms with Crippen LogP contribution in [0, 0.1) is 0 Å². The van der Waals surface area contributed by atoms with Crippen LogP contribution in [0.2, 0.25) is 0 Å². The number of carbonyl (C=O) groups excluding carboxylic acids is 1. The molecule has 0 aromatic carbocycles. The van der Waals surface area contributed by atoms with Gasteiger partial charge in [-0.25, -0.2) is 9.59 Å². The molecule has 7 nitrogen and oxygen atoms in total. The number of hydrogen-bond donors (Lipinski definition) is 3. The molecular formula is C10H16N2O5S. The minimum Gasteiger partial charge on any atom is -0.481 e. The summed E-state index contributed by atoms with van der Waals surface area (Å²) in [6.07, 6.45) is 0.236. The molecule has 3 N–H and O–H groups in total. The maximum atomic E-state index is 11.8. The molecule has 0 aromatic heterocycles. The van der Waals surface area contributed by atoms with Crippen LogP contribution >= 0.6 is 11.8 Å². The van der Waals surface area contributed by atoms with Crippen LogP contribution in [-0.2, 0) is 9.59 Å². The van der Waals surface area contributed by atoms with Crippen molar-refractivity contribution in [1.29, 1.82) is 0 Å². The van der Waals surface area contributed by atoms with Crippen LogP contribution in [0.15, 0.2) is 0 Å². The number of nitrogens with one attached hydrogen (secondary N) is 1. The van der Waals surface area contributed by atoms with E-state index in [1.165, 1.54) is 4.90 Å². The van der Waals surface area contributed by atoms with Gasteiger partial charge in [0.25, 0.3) is 0 Å². The summed E-state index contributed by atoms with van der Waals surface area (Å²) in [5.41, 5.74) is 0. The summed E-state index contributed by atoms with van der Waals surface area (Å²) >= 11 is 1.73. The fourth-order valence-corrected chi connectivity index (χ4v) is 2.89. The monoisotopic (exact) mass is 276 g/mol. The highest BCUT2D eigenvalue weighted by Gasteiger charge is 2.28. The Kier molecular flexibility index (Phi) is 5.26. The highest BCUT2D eigenvalue weighted by atomic mass is 32.2. The van der Waals surface area contributed by atoms with Crippen molar-refractivity contribution in [3.63, 3.8) is 0 Å². The molecule has 0 bridgehead atoms. The van der Waals surface area contributed by atoms with Crippen molar-refractivity contribution in [2.45, 2.75) is 24.9 Å². The van der Waals surface area contributed by atoms with Gasteiger partial charge < -0.3 is 20.4 Å². The molecule has 1 unspecified atom stereocenters. The second-order valence-corrected chi connectivity index (χ2v) is 5.22. The highest BCUT2D eigenvalue weighted by Crippen LogP contribution is 2.21. The number of aliphatic carboxylic acids is 2. The number of rotatable bonds is 5. The lowest BCUT2D eigenvalue weighted by Crippen LogP contribution is -2.50. The second-order valence-electron chi connectivity index (χ2n) is 4.07. The van der Waals surface area contributed by atoms with Crippen LogP contribution in [0.1, 0.15) is 12.8 Å². The van der Waals surface area contributed by atoms with Crippen molar-refractivity contribution >= 4 is 29.7 Å². The fourth-order valence-electron chi connectivity index (χ4n) is 1.62. The first-order valence-electron chi connectivity index (χ1n) is 5.47. The Bertz CT molecular complexity index is 343. The van der Waals surface area contributed by atoms with Crippen molar-refractivity contribution in [3.05, 3.63) is 0 Å². The molecule has 1 aliphatic rings. The van der Waals surface area contributed by atoms with Crippen LogP contribution in [0.4, 0.5) is 4.79 Å². The Morgan fingerprint density at radius 2 is 2.11 bits per heavy atom. The average molecular weight is 276 g/mol. The Balaban J connectivity index is 2.54. The predicted molar refractivity (Wildman–Crippen MR) is 65.7 cm³/mol. The van der Waals surface area contributed by atoms with Crippen molar-refractivity contribution in [2.75, 3.05) is 18.6 Å². The predicted octanol–water partition coefficient (Wildman–Crippen LogP) is 0.0612. The summed E-state index contributed by atoms with van der Waals surface area (Å²) in [5.74, 6) is -0.817. The standard InChI is InChI=1S/C10H16N2O5S/c1-12(6-2-3-18-5-6)10(17)11-7(9(15)16)4-8(13)14/h6-7H,2-5H2,1H3,(H,11,17)(H,13,14)(H,15,16)/t6?,7-/m0/s1. The molecule has 2 amide bonds. The van der Waals surface area contributed by atoms with Gasteiger partial charge in [0, 0.05) is 18.8 Å². The summed E-state index contributed by atoms with van der Waals surface area (Å²) in [4.78, 5) is 34.5. The van der Waals surface area contributed by atoms with Crippen molar-refractivity contribution in [1.82, 2.24) is 10.2 Å². The van der Waals surface area contributed by atoms with E-state index >= 15 is 0 Å². The van der Waals surface area contributed by atoms with E-state index in [4.69, 9.17) is 10.2 Å². The van der Waals surface area contributed by atoms with Crippen LogP contribution in [0.3, 0.4) is 0 Å². The number of nitrogens with zero attached hydrogens (tertiary/aromatic N) is 1. The summed E-state index contributed by atoms with van der Waals surface area (Å²) in [7, 11) is 1.59. The van der Waals surface area contributed by atoms with Crippen LogP contribution < -0.4 is 5.32 Å². The lowest BCUT2D eigenvalue weighted by molar-refractivity contribution is -0.145. The maximum Gasteiger partial charge on any atom is 0.326 e. The van der Waals surface area contributed by atoms with Crippen LogP contribution in [0.25, 0.3) is 0 Å². The second kappa shape index (κ2) is 6.48. The van der Waals surface area contributed by atoms with Gasteiger partial charge >= 0.3 is 18.0 Å². The molecule has 0 spiro atoms. The molecule has 8 heteroatoms. The molecule has 1 heterocycles. The number of carboxylic acids is 2. The van der Waals surface area contributed by atoms with E-state index in [2.05, 4.69) is 5.32 Å². The van der Waals surface area contributed by atoms with E-state index in [0.29, 0.717) is 0 Å². The van der Waals surface area contributed by atoms with Gasteiger partial charge in [0.15, 0.2) is 0 Å². The van der Waals surface area contributed by atoms with E-state index in [1.807, 2.05) is 0 Å². The largest absolute Gasteiger partial charge is 0.481 e. The molecule has 1 rings (SSSR count). The van der Waals surface area contributed by atoms with Crippen LogP contribution in [0.5, 0.6) is 0 Å². The maximum absolute atomic E-state index is 11.8. The van der Waals surface area contributed by atoms with E-state index in [1.54, 1.807) is 18.8 Å². The zero-order chi connectivity index (χ0) is 13.7. The number of carboxylic acid groups (broad SMARTS) is 2. The minimum atomic E-state index is -1.40. The summed E-state index contributed by atoms with van der Waals surface area (Å²) < 4.78 is 0.